The minimum absolute atomic E-state index is 0.0407. The van der Waals surface area contributed by atoms with E-state index in [2.05, 4.69) is 0 Å². The molecular formula is C14H23NO5. The number of nitrogens with zero attached hydrogens (tertiary/aromatic N) is 1. The molecule has 0 aromatic carbocycles. The van der Waals surface area contributed by atoms with Gasteiger partial charge in [0, 0.05) is 19.7 Å². The average Bonchev–Trinajstić information content (AvgIpc) is 2.46. The molecule has 0 radical (unpaired) electrons. The number of carbonyl (C=O) groups is 2. The number of aliphatic carboxylic acids is 1. The second-order valence-corrected chi connectivity index (χ2v) is 5.48. The van der Waals surface area contributed by atoms with Gasteiger partial charge in [0.1, 0.15) is 6.61 Å². The second kappa shape index (κ2) is 7.59. The molecule has 0 saturated carbocycles. The summed E-state index contributed by atoms with van der Waals surface area (Å²) in [5.41, 5.74) is 0. The maximum Gasteiger partial charge on any atom is 0.329 e. The Morgan fingerprint density at radius 2 is 1.95 bits per heavy atom. The van der Waals surface area contributed by atoms with E-state index in [0.29, 0.717) is 32.4 Å². The molecule has 2 aliphatic heterocycles. The van der Waals surface area contributed by atoms with Crippen molar-refractivity contribution in [3.63, 3.8) is 0 Å². The first-order valence-electron chi connectivity index (χ1n) is 7.38. The summed E-state index contributed by atoms with van der Waals surface area (Å²) in [4.78, 5) is 24.4. The Hall–Kier alpha value is -1.14. The van der Waals surface area contributed by atoms with Crippen molar-refractivity contribution >= 4 is 11.9 Å². The van der Waals surface area contributed by atoms with Crippen LogP contribution in [0.1, 0.15) is 38.5 Å². The summed E-state index contributed by atoms with van der Waals surface area (Å²) in [5, 5.41) is 8.56. The third-order valence-corrected chi connectivity index (χ3v) is 3.91. The van der Waals surface area contributed by atoms with Gasteiger partial charge >= 0.3 is 5.97 Å². The molecule has 2 aliphatic rings. The Morgan fingerprint density at radius 3 is 2.55 bits per heavy atom. The highest BCUT2D eigenvalue weighted by Crippen LogP contribution is 2.19. The Balaban J connectivity index is 1.67. The van der Waals surface area contributed by atoms with Gasteiger partial charge in [-0.3, -0.25) is 4.79 Å². The zero-order valence-corrected chi connectivity index (χ0v) is 11.8. The number of hydrogen-bond acceptors (Lipinski definition) is 4. The summed E-state index contributed by atoms with van der Waals surface area (Å²) in [5.74, 6) is -0.800. The van der Waals surface area contributed by atoms with Crippen LogP contribution in [0.5, 0.6) is 0 Å². The number of carboxylic acid groups (broad SMARTS) is 1. The van der Waals surface area contributed by atoms with E-state index in [-0.39, 0.29) is 24.7 Å². The van der Waals surface area contributed by atoms with Crippen LogP contribution >= 0.6 is 0 Å². The van der Waals surface area contributed by atoms with Crippen LogP contribution in [0.15, 0.2) is 0 Å². The number of hydrogen-bond donors (Lipinski definition) is 1. The maximum absolute atomic E-state index is 12.2. The lowest BCUT2D eigenvalue weighted by Crippen LogP contribution is -2.42. The maximum atomic E-state index is 12.2. The molecule has 2 fully saturated rings. The van der Waals surface area contributed by atoms with Crippen molar-refractivity contribution in [3.8, 4) is 0 Å². The normalized spacial score (nSPS) is 24.6. The minimum atomic E-state index is -0.946. The van der Waals surface area contributed by atoms with Gasteiger partial charge in [0.2, 0.25) is 5.91 Å². The monoisotopic (exact) mass is 285 g/mol. The molecule has 0 spiro atoms. The largest absolute Gasteiger partial charge is 0.480 e. The van der Waals surface area contributed by atoms with E-state index in [1.165, 1.54) is 0 Å². The van der Waals surface area contributed by atoms with Crippen molar-refractivity contribution in [1.29, 1.82) is 0 Å². The summed E-state index contributed by atoms with van der Waals surface area (Å²) >= 11 is 0. The van der Waals surface area contributed by atoms with Gasteiger partial charge in [0.25, 0.3) is 0 Å². The molecule has 114 valence electrons. The number of rotatable bonds is 5. The predicted molar refractivity (Wildman–Crippen MR) is 71.4 cm³/mol. The molecule has 0 bridgehead atoms. The van der Waals surface area contributed by atoms with Crippen LogP contribution in [0.3, 0.4) is 0 Å². The number of likely N-dealkylation sites (tertiary alicyclic amines) is 1. The Bertz CT molecular complexity index is 332. The molecule has 6 nitrogen and oxygen atoms in total. The van der Waals surface area contributed by atoms with Crippen molar-refractivity contribution < 1.29 is 24.2 Å². The van der Waals surface area contributed by atoms with Crippen LogP contribution in [-0.2, 0) is 19.1 Å². The predicted octanol–water partition coefficient (Wildman–Crippen LogP) is 1.04. The van der Waals surface area contributed by atoms with Crippen LogP contribution in [0.25, 0.3) is 0 Å². The van der Waals surface area contributed by atoms with Crippen LogP contribution in [0.2, 0.25) is 0 Å². The molecule has 0 aromatic heterocycles. The van der Waals surface area contributed by atoms with Crippen LogP contribution < -0.4 is 0 Å². The molecular weight excluding hydrogens is 262 g/mol. The van der Waals surface area contributed by atoms with E-state index in [1.807, 2.05) is 4.90 Å². The van der Waals surface area contributed by atoms with Gasteiger partial charge in [-0.05, 0) is 32.1 Å². The van der Waals surface area contributed by atoms with Gasteiger partial charge in [0.15, 0.2) is 0 Å². The fraction of sp³-hybridized carbons (Fsp3) is 0.857. The summed E-state index contributed by atoms with van der Waals surface area (Å²) in [6, 6.07) is 0. The number of carbonyl (C=O) groups excluding carboxylic acids is 1. The van der Waals surface area contributed by atoms with Crippen molar-refractivity contribution in [3.05, 3.63) is 0 Å². The van der Waals surface area contributed by atoms with E-state index < -0.39 is 5.97 Å². The quantitative estimate of drug-likeness (QED) is 0.816. The van der Waals surface area contributed by atoms with Gasteiger partial charge in [-0.25, -0.2) is 4.79 Å². The zero-order chi connectivity index (χ0) is 14.4. The highest BCUT2D eigenvalue weighted by Gasteiger charge is 2.26. The number of carboxylic acids is 1. The molecule has 0 aromatic rings. The van der Waals surface area contributed by atoms with Gasteiger partial charge in [-0.2, -0.15) is 0 Å². The highest BCUT2D eigenvalue weighted by molar-refractivity contribution is 5.76. The molecule has 1 N–H and O–H groups in total. The average molecular weight is 285 g/mol. The number of piperidine rings is 1. The lowest BCUT2D eigenvalue weighted by Gasteiger charge is -2.33. The fourth-order valence-electron chi connectivity index (χ4n) is 2.75. The zero-order valence-electron chi connectivity index (χ0n) is 11.8. The Morgan fingerprint density at radius 1 is 1.20 bits per heavy atom. The Labute approximate surface area is 119 Å². The van der Waals surface area contributed by atoms with E-state index >= 15 is 0 Å². The van der Waals surface area contributed by atoms with Gasteiger partial charge < -0.3 is 19.5 Å². The van der Waals surface area contributed by atoms with Crippen molar-refractivity contribution in [1.82, 2.24) is 4.90 Å². The molecule has 2 rings (SSSR count). The Kier molecular flexibility index (Phi) is 5.79. The van der Waals surface area contributed by atoms with Crippen molar-refractivity contribution in [2.24, 2.45) is 0 Å². The van der Waals surface area contributed by atoms with Gasteiger partial charge in [-0.1, -0.05) is 0 Å². The van der Waals surface area contributed by atoms with Crippen LogP contribution in [-0.4, -0.2) is 60.4 Å². The van der Waals surface area contributed by atoms with E-state index in [0.717, 1.165) is 25.9 Å². The van der Waals surface area contributed by atoms with Crippen molar-refractivity contribution in [2.45, 2.75) is 50.7 Å². The SMILES string of the molecule is O=C(O)COC1CCN(C(=O)CC2CCCCO2)CC1. The smallest absolute Gasteiger partial charge is 0.329 e. The second-order valence-electron chi connectivity index (χ2n) is 5.48. The summed E-state index contributed by atoms with van der Waals surface area (Å²) in [6.45, 7) is 1.81. The molecule has 1 atom stereocenters. The summed E-state index contributed by atoms with van der Waals surface area (Å²) in [7, 11) is 0. The number of amides is 1. The lowest BCUT2D eigenvalue weighted by atomic mass is 10.0. The first-order valence-corrected chi connectivity index (χ1v) is 7.38. The third-order valence-electron chi connectivity index (χ3n) is 3.91. The molecule has 1 amide bonds. The van der Waals surface area contributed by atoms with Crippen molar-refractivity contribution in [2.75, 3.05) is 26.3 Å². The van der Waals surface area contributed by atoms with Gasteiger partial charge in [-0.15, -0.1) is 0 Å². The van der Waals surface area contributed by atoms with Crippen LogP contribution in [0.4, 0.5) is 0 Å². The topological polar surface area (TPSA) is 76.1 Å². The molecule has 2 saturated heterocycles. The number of ether oxygens (including phenoxy) is 2. The first kappa shape index (κ1) is 15.3. The van der Waals surface area contributed by atoms with Crippen LogP contribution in [0, 0.1) is 0 Å². The molecule has 0 aliphatic carbocycles. The first-order chi connectivity index (χ1) is 9.65. The highest BCUT2D eigenvalue weighted by atomic mass is 16.5. The molecule has 2 heterocycles. The fourth-order valence-corrected chi connectivity index (χ4v) is 2.75. The van der Waals surface area contributed by atoms with E-state index in [1.54, 1.807) is 0 Å². The van der Waals surface area contributed by atoms with E-state index in [4.69, 9.17) is 14.6 Å². The summed E-state index contributed by atoms with van der Waals surface area (Å²) in [6.07, 6.45) is 5.15. The molecule has 1 unspecified atom stereocenters. The third kappa shape index (κ3) is 4.76. The summed E-state index contributed by atoms with van der Waals surface area (Å²) < 4.78 is 10.8. The standard InChI is InChI=1S/C14H23NO5/c16-13(9-12-3-1-2-8-19-12)15-6-4-11(5-7-15)20-10-14(17)18/h11-12H,1-10H2,(H,17,18). The lowest BCUT2D eigenvalue weighted by molar-refractivity contribution is -0.147. The van der Waals surface area contributed by atoms with Gasteiger partial charge in [0.05, 0.1) is 18.6 Å². The molecule has 20 heavy (non-hydrogen) atoms. The minimum Gasteiger partial charge on any atom is -0.480 e. The van der Waals surface area contributed by atoms with E-state index in [9.17, 15) is 9.59 Å². The molecule has 6 heteroatoms.